The maximum absolute atomic E-state index is 14.5. The minimum absolute atomic E-state index is 0.0332. The summed E-state index contributed by atoms with van der Waals surface area (Å²) in [4.78, 5) is 25.3. The molecule has 0 aromatic heterocycles. The van der Waals surface area contributed by atoms with Crippen molar-refractivity contribution in [3.63, 3.8) is 0 Å². The van der Waals surface area contributed by atoms with Gasteiger partial charge < -0.3 is 34.3 Å². The summed E-state index contributed by atoms with van der Waals surface area (Å²) >= 11 is 0. The summed E-state index contributed by atoms with van der Waals surface area (Å²) < 4.78 is 63.8. The monoisotopic (exact) mass is 838 g/mol. The molecule has 316 valence electrons. The highest BCUT2D eigenvalue weighted by Gasteiger charge is 2.49. The number of carbonyl (C=O) groups is 2. The highest BCUT2D eigenvalue weighted by molar-refractivity contribution is 7.48. The number of carbonyl (C=O) groups excluding carboxylic acids is 2. The van der Waals surface area contributed by atoms with Crippen molar-refractivity contribution < 1.29 is 51.4 Å². The van der Waals surface area contributed by atoms with Crippen LogP contribution in [0.2, 0.25) is 0 Å². The maximum Gasteiger partial charge on any atom is 0.475 e. The van der Waals surface area contributed by atoms with Crippen molar-refractivity contribution in [3.05, 3.63) is 179 Å². The summed E-state index contributed by atoms with van der Waals surface area (Å²) in [6.07, 6.45) is -4.56. The zero-order valence-corrected chi connectivity index (χ0v) is 34.3. The molecule has 1 fully saturated rings. The number of benzene rings is 5. The highest BCUT2D eigenvalue weighted by atomic mass is 31.2. The molecular weight excluding hydrogens is 787 g/mol. The Kier molecular flexibility index (Phi) is 17.4. The summed E-state index contributed by atoms with van der Waals surface area (Å²) in [6.45, 7) is 1.37. The summed E-state index contributed by atoms with van der Waals surface area (Å²) in [5, 5.41) is 5.64. The van der Waals surface area contributed by atoms with Gasteiger partial charge in [-0.3, -0.25) is 18.4 Å². The Morgan fingerprint density at radius 3 is 1.47 bits per heavy atom. The number of alkyl carbamates (subject to hydrolysis) is 1. The van der Waals surface area contributed by atoms with E-state index in [2.05, 4.69) is 10.6 Å². The predicted molar refractivity (Wildman–Crippen MR) is 223 cm³/mol. The average molecular weight is 839 g/mol. The molecular formula is C46H51N2O11P. The third kappa shape index (κ3) is 14.5. The summed E-state index contributed by atoms with van der Waals surface area (Å²) in [7, 11) is -4.28. The Labute approximate surface area is 350 Å². The maximum atomic E-state index is 14.5. The zero-order valence-electron chi connectivity index (χ0n) is 33.4. The van der Waals surface area contributed by atoms with Crippen LogP contribution >= 0.6 is 7.82 Å². The second kappa shape index (κ2) is 23.5. The second-order valence-corrected chi connectivity index (χ2v) is 15.6. The molecule has 13 nitrogen and oxygen atoms in total. The van der Waals surface area contributed by atoms with Crippen LogP contribution in [0, 0.1) is 0 Å². The van der Waals surface area contributed by atoms with E-state index in [1.54, 1.807) is 0 Å². The number of hydrogen-bond donors (Lipinski definition) is 2. The molecule has 2 amide bonds. The smallest absolute Gasteiger partial charge is 0.445 e. The fourth-order valence-corrected chi connectivity index (χ4v) is 7.50. The Morgan fingerprint density at radius 1 is 0.567 bits per heavy atom. The molecule has 6 rings (SSSR count). The van der Waals surface area contributed by atoms with Crippen LogP contribution in [0.15, 0.2) is 152 Å². The third-order valence-electron chi connectivity index (χ3n) is 9.31. The standard InChI is InChI=1S/C46H51N2O11P/c1-35(49)48-42-44(54-30-37-19-9-3-10-20-37)43(53-29-36-17-7-2-8-18-36)41(59-45(42)52-28-27-47-46(50)55-31-38-21-11-4-12-22-38)34-58-60(51,56-32-39-23-13-5-14-24-39)57-33-40-25-15-6-16-26-40/h2-26,41-45H,27-34H2,1H3,(H,47,50)(H,48,49)/t41-,42+,43-,44-,45+/m1/s1. The molecule has 0 radical (unpaired) electrons. The minimum Gasteiger partial charge on any atom is -0.445 e. The van der Waals surface area contributed by atoms with Crippen molar-refractivity contribution in [2.75, 3.05) is 19.8 Å². The Hall–Kier alpha value is -5.21. The summed E-state index contributed by atoms with van der Waals surface area (Å²) in [5.74, 6) is -0.363. The van der Waals surface area contributed by atoms with Gasteiger partial charge in [0, 0.05) is 13.5 Å². The molecule has 2 N–H and O–H groups in total. The first kappa shape index (κ1) is 44.3. The zero-order chi connectivity index (χ0) is 41.8. The van der Waals surface area contributed by atoms with Crippen LogP contribution in [0.25, 0.3) is 0 Å². The first-order chi connectivity index (χ1) is 29.3. The lowest BCUT2D eigenvalue weighted by Crippen LogP contribution is -2.66. The van der Waals surface area contributed by atoms with Gasteiger partial charge in [0.2, 0.25) is 5.91 Å². The molecule has 60 heavy (non-hydrogen) atoms. The van der Waals surface area contributed by atoms with Crippen LogP contribution in [-0.2, 0) is 79.6 Å². The second-order valence-electron chi connectivity index (χ2n) is 13.9. The number of phosphoric ester groups is 1. The number of phosphoric acid groups is 1. The van der Waals surface area contributed by atoms with Crippen molar-refractivity contribution in [1.82, 2.24) is 10.6 Å². The molecule has 5 aromatic carbocycles. The van der Waals surface area contributed by atoms with Gasteiger partial charge in [0.25, 0.3) is 0 Å². The first-order valence-corrected chi connectivity index (χ1v) is 21.2. The Morgan fingerprint density at radius 2 is 1.00 bits per heavy atom. The fraction of sp³-hybridized carbons (Fsp3) is 0.304. The predicted octanol–water partition coefficient (Wildman–Crippen LogP) is 7.89. The molecule has 5 atom stereocenters. The Balaban J connectivity index is 1.24. The van der Waals surface area contributed by atoms with Gasteiger partial charge in [0.05, 0.1) is 39.6 Å². The van der Waals surface area contributed by atoms with Crippen molar-refractivity contribution in [3.8, 4) is 0 Å². The average Bonchev–Trinajstić information content (AvgIpc) is 3.29. The number of amides is 2. The quantitative estimate of drug-likeness (QED) is 0.0518. The van der Waals surface area contributed by atoms with Crippen LogP contribution < -0.4 is 10.6 Å². The molecule has 0 unspecified atom stereocenters. The molecule has 0 aliphatic carbocycles. The molecule has 0 saturated carbocycles. The topological polar surface area (TPSA) is 149 Å². The van der Waals surface area contributed by atoms with E-state index in [0.29, 0.717) is 0 Å². The number of hydrogen-bond acceptors (Lipinski definition) is 11. The first-order valence-electron chi connectivity index (χ1n) is 19.7. The van der Waals surface area contributed by atoms with Gasteiger partial charge in [-0.1, -0.05) is 152 Å². The van der Waals surface area contributed by atoms with Gasteiger partial charge in [-0.15, -0.1) is 0 Å². The summed E-state index contributed by atoms with van der Waals surface area (Å²) in [5.41, 5.74) is 4.13. The molecule has 0 spiro atoms. The van der Waals surface area contributed by atoms with Crippen LogP contribution in [0.1, 0.15) is 34.7 Å². The lowest BCUT2D eigenvalue weighted by Gasteiger charge is -2.46. The normalized spacial score (nSPS) is 19.0. The van der Waals surface area contributed by atoms with Gasteiger partial charge in [-0.2, -0.15) is 0 Å². The largest absolute Gasteiger partial charge is 0.475 e. The molecule has 0 bridgehead atoms. The van der Waals surface area contributed by atoms with Crippen LogP contribution in [0.4, 0.5) is 4.79 Å². The SMILES string of the molecule is CC(=O)N[C@@H]1[C@@H](OCCNC(=O)OCc2ccccc2)O[C@H](COP(=O)(OCc2ccccc2)OCc2ccccc2)[C@@H](OCc2ccccc2)[C@@H]1OCc1ccccc1. The number of rotatable bonds is 22. The third-order valence-corrected chi connectivity index (χ3v) is 10.7. The van der Waals surface area contributed by atoms with E-state index in [1.807, 2.05) is 152 Å². The van der Waals surface area contributed by atoms with Crippen molar-refractivity contribution in [1.29, 1.82) is 0 Å². The number of ether oxygens (including phenoxy) is 5. The lowest BCUT2D eigenvalue weighted by molar-refractivity contribution is -0.286. The fourth-order valence-electron chi connectivity index (χ4n) is 6.34. The molecule has 14 heteroatoms. The van der Waals surface area contributed by atoms with Crippen LogP contribution in [0.5, 0.6) is 0 Å². The molecule has 1 aliphatic heterocycles. The Bertz CT molecular complexity index is 2000. The minimum atomic E-state index is -4.28. The van der Waals surface area contributed by atoms with E-state index >= 15 is 0 Å². The number of nitrogens with one attached hydrogen (secondary N) is 2. The van der Waals surface area contributed by atoms with Crippen molar-refractivity contribution in [2.24, 2.45) is 0 Å². The van der Waals surface area contributed by atoms with Crippen molar-refractivity contribution in [2.45, 2.75) is 70.6 Å². The van der Waals surface area contributed by atoms with E-state index in [9.17, 15) is 14.2 Å². The molecule has 1 heterocycles. The van der Waals surface area contributed by atoms with E-state index in [4.69, 9.17) is 37.3 Å². The van der Waals surface area contributed by atoms with Crippen molar-refractivity contribution >= 4 is 19.8 Å². The van der Waals surface area contributed by atoms with E-state index in [-0.39, 0.29) is 58.7 Å². The van der Waals surface area contributed by atoms with E-state index in [1.165, 1.54) is 6.92 Å². The van der Waals surface area contributed by atoms with Gasteiger partial charge in [-0.05, 0) is 27.8 Å². The van der Waals surface area contributed by atoms with Gasteiger partial charge in [0.15, 0.2) is 6.29 Å². The van der Waals surface area contributed by atoms with Gasteiger partial charge >= 0.3 is 13.9 Å². The van der Waals surface area contributed by atoms with E-state index in [0.717, 1.165) is 27.8 Å². The molecule has 1 saturated heterocycles. The molecule has 1 aliphatic rings. The van der Waals surface area contributed by atoms with Gasteiger partial charge in [-0.25, -0.2) is 9.36 Å². The van der Waals surface area contributed by atoms with Crippen LogP contribution in [-0.4, -0.2) is 62.4 Å². The highest BCUT2D eigenvalue weighted by Crippen LogP contribution is 2.51. The van der Waals surface area contributed by atoms with E-state index < -0.39 is 44.6 Å². The van der Waals surface area contributed by atoms with Gasteiger partial charge in [0.1, 0.15) is 31.0 Å². The van der Waals surface area contributed by atoms with Crippen LogP contribution in [0.3, 0.4) is 0 Å². The lowest BCUT2D eigenvalue weighted by atomic mass is 9.96. The summed E-state index contributed by atoms with van der Waals surface area (Å²) in [6, 6.07) is 46.1. The molecule has 5 aromatic rings.